The van der Waals surface area contributed by atoms with Gasteiger partial charge < -0.3 is 14.6 Å². The Morgan fingerprint density at radius 1 is 1.15 bits per heavy atom. The van der Waals surface area contributed by atoms with E-state index in [-0.39, 0.29) is 5.91 Å². The lowest BCUT2D eigenvalue weighted by Gasteiger charge is -2.23. The summed E-state index contributed by atoms with van der Waals surface area (Å²) in [6.45, 7) is 4.40. The maximum atomic E-state index is 12.8. The zero-order valence-electron chi connectivity index (χ0n) is 18.8. The Kier molecular flexibility index (Phi) is 4.35. The Hall–Kier alpha value is -3.65. The highest BCUT2D eigenvalue weighted by Crippen LogP contribution is 2.43. The van der Waals surface area contributed by atoms with Gasteiger partial charge in [-0.3, -0.25) is 9.78 Å². The van der Waals surface area contributed by atoms with E-state index in [4.69, 9.17) is 9.72 Å². The van der Waals surface area contributed by atoms with E-state index in [0.29, 0.717) is 23.7 Å². The molecule has 3 aromatic heterocycles. The van der Waals surface area contributed by atoms with Crippen LogP contribution in [-0.2, 0) is 22.2 Å². The van der Waals surface area contributed by atoms with Gasteiger partial charge in [0.15, 0.2) is 11.2 Å². The Morgan fingerprint density at radius 2 is 1.97 bits per heavy atom. The molecule has 1 saturated carbocycles. The number of aromatic nitrogens is 5. The number of hydrogen-bond donors (Lipinski definition) is 1. The number of rotatable bonds is 5. The van der Waals surface area contributed by atoms with Crippen LogP contribution >= 0.6 is 0 Å². The highest BCUT2D eigenvalue weighted by molar-refractivity contribution is 6.05. The fourth-order valence-corrected chi connectivity index (χ4v) is 4.34. The van der Waals surface area contributed by atoms with Crippen molar-refractivity contribution < 1.29 is 9.53 Å². The molecular formula is C25H24N6O2. The van der Waals surface area contributed by atoms with Gasteiger partial charge in [-0.1, -0.05) is 6.07 Å². The molecule has 0 radical (unpaired) electrons. The monoisotopic (exact) mass is 440 g/mol. The molecule has 8 nitrogen and oxygen atoms in total. The number of ether oxygens (including phenoxy) is 1. The van der Waals surface area contributed by atoms with Crippen LogP contribution in [0, 0.1) is 12.8 Å². The molecule has 1 amide bonds. The molecule has 4 aromatic rings. The molecule has 33 heavy (non-hydrogen) atoms. The van der Waals surface area contributed by atoms with E-state index in [1.165, 1.54) is 12.8 Å². The maximum absolute atomic E-state index is 12.8. The van der Waals surface area contributed by atoms with Gasteiger partial charge in [-0.05, 0) is 56.9 Å². The van der Waals surface area contributed by atoms with E-state index in [0.717, 1.165) is 39.5 Å². The first-order valence-corrected chi connectivity index (χ1v) is 11.1. The first kappa shape index (κ1) is 20.0. The third-order valence-electron chi connectivity index (χ3n) is 6.62. The highest BCUT2D eigenvalue weighted by atomic mass is 16.5. The summed E-state index contributed by atoms with van der Waals surface area (Å²) in [5.41, 5.74) is 5.48. The molecule has 6 rings (SSSR count). The van der Waals surface area contributed by atoms with E-state index in [1.807, 2.05) is 62.0 Å². The molecular weight excluding hydrogens is 416 g/mol. The fraction of sp³-hybridized carbons (Fsp3) is 0.320. The van der Waals surface area contributed by atoms with Crippen molar-refractivity contribution >= 4 is 22.8 Å². The third kappa shape index (κ3) is 3.21. The van der Waals surface area contributed by atoms with Crippen LogP contribution in [0.3, 0.4) is 0 Å². The van der Waals surface area contributed by atoms with E-state index in [2.05, 4.69) is 20.3 Å². The van der Waals surface area contributed by atoms with Crippen molar-refractivity contribution in [2.75, 3.05) is 11.9 Å². The summed E-state index contributed by atoms with van der Waals surface area (Å²) in [5, 5.41) is 2.96. The molecule has 1 N–H and O–H groups in total. The lowest BCUT2D eigenvalue weighted by molar-refractivity contribution is -0.139. The molecule has 1 fully saturated rings. The van der Waals surface area contributed by atoms with Crippen LogP contribution in [0.5, 0.6) is 0 Å². The van der Waals surface area contributed by atoms with Gasteiger partial charge in [0, 0.05) is 41.3 Å². The number of aryl methyl sites for hydroxylation is 2. The second kappa shape index (κ2) is 7.18. The fourth-order valence-electron chi connectivity index (χ4n) is 4.34. The first-order chi connectivity index (χ1) is 15.9. The molecule has 1 aliphatic carbocycles. The van der Waals surface area contributed by atoms with Gasteiger partial charge in [-0.15, -0.1) is 0 Å². The molecule has 2 aliphatic rings. The predicted octanol–water partition coefficient (Wildman–Crippen LogP) is 3.99. The summed E-state index contributed by atoms with van der Waals surface area (Å²) in [5.74, 6) is 1.21. The van der Waals surface area contributed by atoms with Gasteiger partial charge in [0.25, 0.3) is 5.91 Å². The number of carbonyl (C=O) groups is 1. The summed E-state index contributed by atoms with van der Waals surface area (Å²) in [6, 6.07) is 9.83. The smallest absolute Gasteiger partial charge is 0.261 e. The van der Waals surface area contributed by atoms with Crippen molar-refractivity contribution in [3.8, 4) is 22.6 Å². The van der Waals surface area contributed by atoms with Gasteiger partial charge in [-0.2, -0.15) is 0 Å². The number of benzene rings is 1. The number of amides is 1. The summed E-state index contributed by atoms with van der Waals surface area (Å²) in [4.78, 5) is 31.1. The Bertz CT molecular complexity index is 1410. The number of imidazole rings is 1. The van der Waals surface area contributed by atoms with Gasteiger partial charge in [0.1, 0.15) is 23.4 Å². The van der Waals surface area contributed by atoms with Gasteiger partial charge in [0.05, 0.1) is 6.61 Å². The SMILES string of the molecule is Cc1ccc(-c2nc3c(-c4ccc5c(c4)C(C)(OCC4CC4)C(=O)N5)ncnc3n2C)cn1. The number of hydrogen-bond acceptors (Lipinski definition) is 6. The molecule has 1 atom stereocenters. The number of nitrogens with zero attached hydrogens (tertiary/aromatic N) is 5. The number of carbonyl (C=O) groups excluding carboxylic acids is 1. The first-order valence-electron chi connectivity index (χ1n) is 11.1. The number of pyridine rings is 1. The Balaban J connectivity index is 1.45. The van der Waals surface area contributed by atoms with Crippen LogP contribution in [0.1, 0.15) is 31.0 Å². The van der Waals surface area contributed by atoms with Crippen LogP contribution in [0.4, 0.5) is 5.69 Å². The standard InChI is InChI=1S/C25H24N6O2/c1-14-4-7-17(11-26-14)22-30-21-20(27-13-28-23(21)31(22)3)16-8-9-19-18(10-16)25(2,24(32)29-19)33-12-15-5-6-15/h4,7-11,13,15H,5-6,12H2,1-3H3,(H,29,32). The topological polar surface area (TPSA) is 94.8 Å². The van der Waals surface area contributed by atoms with E-state index >= 15 is 0 Å². The summed E-state index contributed by atoms with van der Waals surface area (Å²) in [7, 11) is 1.94. The molecule has 1 unspecified atom stereocenters. The lowest BCUT2D eigenvalue weighted by Crippen LogP contribution is -2.34. The molecule has 0 bridgehead atoms. The molecule has 0 saturated heterocycles. The zero-order chi connectivity index (χ0) is 22.7. The minimum absolute atomic E-state index is 0.130. The van der Waals surface area contributed by atoms with Crippen molar-refractivity contribution in [2.24, 2.45) is 13.0 Å². The molecule has 4 heterocycles. The largest absolute Gasteiger partial charge is 0.360 e. The minimum Gasteiger partial charge on any atom is -0.360 e. The van der Waals surface area contributed by atoms with E-state index in [1.54, 1.807) is 6.33 Å². The molecule has 8 heteroatoms. The summed E-state index contributed by atoms with van der Waals surface area (Å²) >= 11 is 0. The van der Waals surface area contributed by atoms with Crippen molar-refractivity contribution in [3.63, 3.8) is 0 Å². The van der Waals surface area contributed by atoms with Crippen LogP contribution in [0.15, 0.2) is 42.9 Å². The van der Waals surface area contributed by atoms with E-state index in [9.17, 15) is 4.79 Å². The molecule has 166 valence electrons. The molecule has 1 aromatic carbocycles. The number of anilines is 1. The van der Waals surface area contributed by atoms with Gasteiger partial charge in [-0.25, -0.2) is 15.0 Å². The highest BCUT2D eigenvalue weighted by Gasteiger charge is 2.45. The third-order valence-corrected chi connectivity index (χ3v) is 6.62. The van der Waals surface area contributed by atoms with Crippen molar-refractivity contribution in [1.82, 2.24) is 24.5 Å². The summed E-state index contributed by atoms with van der Waals surface area (Å²) < 4.78 is 8.10. The second-order valence-corrected chi connectivity index (χ2v) is 9.08. The van der Waals surface area contributed by atoms with Crippen molar-refractivity contribution in [1.29, 1.82) is 0 Å². The predicted molar refractivity (Wildman–Crippen MR) is 124 cm³/mol. The van der Waals surface area contributed by atoms with E-state index < -0.39 is 5.60 Å². The average Bonchev–Trinajstić information content (AvgIpc) is 3.55. The van der Waals surface area contributed by atoms with Crippen LogP contribution in [-0.4, -0.2) is 37.0 Å². The normalized spacial score (nSPS) is 19.7. The Morgan fingerprint density at radius 3 is 2.73 bits per heavy atom. The van der Waals surface area contributed by atoms with Gasteiger partial charge >= 0.3 is 0 Å². The molecule has 0 spiro atoms. The lowest BCUT2D eigenvalue weighted by atomic mass is 9.94. The zero-order valence-corrected chi connectivity index (χ0v) is 18.8. The van der Waals surface area contributed by atoms with Crippen molar-refractivity contribution in [3.05, 3.63) is 54.1 Å². The number of nitrogens with one attached hydrogen (secondary N) is 1. The Labute approximate surface area is 191 Å². The molecule has 1 aliphatic heterocycles. The maximum Gasteiger partial charge on any atom is 0.261 e. The average molecular weight is 441 g/mol. The van der Waals surface area contributed by atoms with Crippen LogP contribution in [0.2, 0.25) is 0 Å². The van der Waals surface area contributed by atoms with Gasteiger partial charge in [0.2, 0.25) is 0 Å². The number of fused-ring (bicyclic) bond motifs is 2. The minimum atomic E-state index is -1.01. The van der Waals surface area contributed by atoms with Crippen LogP contribution in [0.25, 0.3) is 33.8 Å². The van der Waals surface area contributed by atoms with Crippen LogP contribution < -0.4 is 5.32 Å². The van der Waals surface area contributed by atoms with Crippen molar-refractivity contribution in [2.45, 2.75) is 32.3 Å². The summed E-state index contributed by atoms with van der Waals surface area (Å²) in [6.07, 6.45) is 5.71. The quantitative estimate of drug-likeness (QED) is 0.504. The second-order valence-electron chi connectivity index (χ2n) is 9.08.